The summed E-state index contributed by atoms with van der Waals surface area (Å²) < 4.78 is 5.97. The molecule has 3 unspecified atom stereocenters. The van der Waals surface area contributed by atoms with Gasteiger partial charge in [0.2, 0.25) is 0 Å². The van der Waals surface area contributed by atoms with Gasteiger partial charge in [-0.05, 0) is 44.9 Å². The van der Waals surface area contributed by atoms with E-state index in [-0.39, 0.29) is 6.04 Å². The van der Waals surface area contributed by atoms with Crippen LogP contribution in [0.15, 0.2) is 34.7 Å². The molecule has 3 atom stereocenters. The van der Waals surface area contributed by atoms with Crippen LogP contribution in [0.5, 0.6) is 0 Å². The normalized spacial score (nSPS) is 23.8. The van der Waals surface area contributed by atoms with Gasteiger partial charge in [-0.3, -0.25) is 4.90 Å². The van der Waals surface area contributed by atoms with Crippen LogP contribution in [0, 0.1) is 5.92 Å². The lowest BCUT2D eigenvalue weighted by Crippen LogP contribution is -2.30. The van der Waals surface area contributed by atoms with Gasteiger partial charge in [-0.15, -0.1) is 0 Å². The molecular formula is C16H22N2O. The number of benzene rings is 1. The van der Waals surface area contributed by atoms with Crippen molar-refractivity contribution in [1.29, 1.82) is 0 Å². The van der Waals surface area contributed by atoms with Crippen molar-refractivity contribution in [2.45, 2.75) is 32.4 Å². The van der Waals surface area contributed by atoms with Crippen LogP contribution < -0.4 is 5.73 Å². The van der Waals surface area contributed by atoms with Crippen molar-refractivity contribution >= 4 is 11.0 Å². The van der Waals surface area contributed by atoms with Gasteiger partial charge < -0.3 is 10.2 Å². The molecule has 2 N–H and O–H groups in total. The Labute approximate surface area is 114 Å². The van der Waals surface area contributed by atoms with E-state index in [2.05, 4.69) is 30.9 Å². The maximum absolute atomic E-state index is 6.01. The van der Waals surface area contributed by atoms with Gasteiger partial charge in [-0.25, -0.2) is 0 Å². The smallest absolute Gasteiger partial charge is 0.134 e. The van der Waals surface area contributed by atoms with E-state index in [4.69, 9.17) is 10.2 Å². The van der Waals surface area contributed by atoms with E-state index in [9.17, 15) is 0 Å². The highest BCUT2D eigenvalue weighted by Gasteiger charge is 2.30. The summed E-state index contributed by atoms with van der Waals surface area (Å²) in [4.78, 5) is 2.48. The Kier molecular flexibility index (Phi) is 3.33. The number of nitrogens with two attached hydrogens (primary N) is 1. The van der Waals surface area contributed by atoms with Crippen molar-refractivity contribution in [3.05, 3.63) is 36.1 Å². The molecule has 0 aliphatic carbocycles. The lowest BCUT2D eigenvalue weighted by molar-refractivity contribution is 0.223. The molecule has 102 valence electrons. The Morgan fingerprint density at radius 3 is 2.79 bits per heavy atom. The average molecular weight is 258 g/mol. The molecule has 2 aromatic rings. The molecule has 1 aliphatic rings. The van der Waals surface area contributed by atoms with E-state index < -0.39 is 0 Å². The molecule has 3 nitrogen and oxygen atoms in total. The first-order valence-corrected chi connectivity index (χ1v) is 7.13. The molecule has 1 aromatic carbocycles. The fraction of sp³-hybridized carbons (Fsp3) is 0.500. The highest BCUT2D eigenvalue weighted by molar-refractivity contribution is 5.77. The zero-order valence-electron chi connectivity index (χ0n) is 11.7. The molecule has 1 saturated heterocycles. The first-order chi connectivity index (χ1) is 9.15. The molecule has 0 bridgehead atoms. The monoisotopic (exact) mass is 258 g/mol. The van der Waals surface area contributed by atoms with E-state index >= 15 is 0 Å². The molecule has 2 heterocycles. The third-order valence-electron chi connectivity index (χ3n) is 4.40. The second-order valence-corrected chi connectivity index (χ2v) is 5.77. The zero-order chi connectivity index (χ0) is 13.4. The number of rotatable bonds is 3. The maximum atomic E-state index is 6.01. The van der Waals surface area contributed by atoms with Crippen molar-refractivity contribution < 1.29 is 4.42 Å². The fourth-order valence-electron chi connectivity index (χ4n) is 2.98. The van der Waals surface area contributed by atoms with Gasteiger partial charge in [0, 0.05) is 18.0 Å². The fourth-order valence-corrected chi connectivity index (χ4v) is 2.98. The van der Waals surface area contributed by atoms with Crippen LogP contribution >= 0.6 is 0 Å². The molecule has 0 spiro atoms. The van der Waals surface area contributed by atoms with Crippen molar-refractivity contribution in [1.82, 2.24) is 4.90 Å². The van der Waals surface area contributed by atoms with Crippen LogP contribution in [-0.4, -0.2) is 24.0 Å². The van der Waals surface area contributed by atoms with E-state index in [1.807, 2.05) is 18.2 Å². The molecule has 1 fully saturated rings. The summed E-state index contributed by atoms with van der Waals surface area (Å²) in [5.41, 5.74) is 6.99. The van der Waals surface area contributed by atoms with Crippen LogP contribution in [0.3, 0.4) is 0 Å². The van der Waals surface area contributed by atoms with Gasteiger partial charge in [0.05, 0.1) is 6.04 Å². The number of nitrogens with zero attached hydrogens (tertiary/aromatic N) is 1. The van der Waals surface area contributed by atoms with Crippen LogP contribution in [0.1, 0.15) is 32.1 Å². The number of fused-ring (bicyclic) bond motifs is 1. The lowest BCUT2D eigenvalue weighted by atomic mass is 10.0. The predicted octanol–water partition coefficient (Wildman–Crippen LogP) is 3.16. The topological polar surface area (TPSA) is 42.4 Å². The van der Waals surface area contributed by atoms with E-state index in [0.29, 0.717) is 12.0 Å². The van der Waals surface area contributed by atoms with Crippen molar-refractivity contribution in [3.63, 3.8) is 0 Å². The Morgan fingerprint density at radius 2 is 2.11 bits per heavy atom. The zero-order valence-corrected chi connectivity index (χ0v) is 11.7. The number of para-hydroxylation sites is 1. The van der Waals surface area contributed by atoms with Gasteiger partial charge in [-0.1, -0.05) is 18.2 Å². The Morgan fingerprint density at radius 1 is 1.32 bits per heavy atom. The highest BCUT2D eigenvalue weighted by atomic mass is 16.3. The van der Waals surface area contributed by atoms with Crippen molar-refractivity contribution in [2.24, 2.45) is 11.7 Å². The van der Waals surface area contributed by atoms with Gasteiger partial charge in [-0.2, -0.15) is 0 Å². The molecule has 0 radical (unpaired) electrons. The van der Waals surface area contributed by atoms with Crippen LogP contribution in [-0.2, 0) is 0 Å². The van der Waals surface area contributed by atoms with Gasteiger partial charge >= 0.3 is 0 Å². The first-order valence-electron chi connectivity index (χ1n) is 7.13. The van der Waals surface area contributed by atoms with Crippen LogP contribution in [0.25, 0.3) is 11.0 Å². The van der Waals surface area contributed by atoms with Crippen molar-refractivity contribution in [3.8, 4) is 0 Å². The summed E-state index contributed by atoms with van der Waals surface area (Å²) in [5, 5.41) is 1.19. The molecule has 3 heteroatoms. The number of hydrogen-bond donors (Lipinski definition) is 1. The Hall–Kier alpha value is -1.32. The molecule has 19 heavy (non-hydrogen) atoms. The average Bonchev–Trinajstić information content (AvgIpc) is 3.04. The minimum atomic E-state index is 0.285. The predicted molar refractivity (Wildman–Crippen MR) is 78.0 cm³/mol. The van der Waals surface area contributed by atoms with Crippen molar-refractivity contribution in [2.75, 3.05) is 13.1 Å². The summed E-state index contributed by atoms with van der Waals surface area (Å²) in [7, 11) is 0. The Balaban J connectivity index is 1.78. The van der Waals surface area contributed by atoms with Gasteiger partial charge in [0.15, 0.2) is 0 Å². The van der Waals surface area contributed by atoms with Crippen LogP contribution in [0.4, 0.5) is 0 Å². The molecule has 0 saturated carbocycles. The third-order valence-corrected chi connectivity index (χ3v) is 4.40. The minimum absolute atomic E-state index is 0.285. The maximum Gasteiger partial charge on any atom is 0.134 e. The molecule has 1 aromatic heterocycles. The highest BCUT2D eigenvalue weighted by Crippen LogP contribution is 2.31. The largest absolute Gasteiger partial charge is 0.459 e. The SMILES string of the molecule is CC(N)C1CCN(C(C)c2cc3ccccc3o2)C1. The van der Waals surface area contributed by atoms with E-state index in [0.717, 1.165) is 24.4 Å². The Bertz CT molecular complexity index is 528. The van der Waals surface area contributed by atoms with E-state index in [1.54, 1.807) is 0 Å². The number of furan rings is 1. The molecule has 1 aliphatic heterocycles. The minimum Gasteiger partial charge on any atom is -0.459 e. The summed E-state index contributed by atoms with van der Waals surface area (Å²) in [6.45, 7) is 6.53. The second-order valence-electron chi connectivity index (χ2n) is 5.77. The first kappa shape index (κ1) is 12.7. The molecule has 0 amide bonds. The standard InChI is InChI=1S/C16H22N2O/c1-11(17)14-7-8-18(10-14)12(2)16-9-13-5-3-4-6-15(13)19-16/h3-6,9,11-12,14H,7-8,10,17H2,1-2H3. The van der Waals surface area contributed by atoms with Gasteiger partial charge in [0.25, 0.3) is 0 Å². The molecule has 3 rings (SSSR count). The van der Waals surface area contributed by atoms with Crippen LogP contribution in [0.2, 0.25) is 0 Å². The summed E-state index contributed by atoms with van der Waals surface area (Å²) in [5.74, 6) is 1.68. The number of likely N-dealkylation sites (tertiary alicyclic amines) is 1. The van der Waals surface area contributed by atoms with E-state index in [1.165, 1.54) is 11.8 Å². The number of hydrogen-bond acceptors (Lipinski definition) is 3. The summed E-state index contributed by atoms with van der Waals surface area (Å²) >= 11 is 0. The summed E-state index contributed by atoms with van der Waals surface area (Å²) in [6.07, 6.45) is 1.20. The summed E-state index contributed by atoms with van der Waals surface area (Å²) in [6, 6.07) is 11.0. The third kappa shape index (κ3) is 2.40. The van der Waals surface area contributed by atoms with Gasteiger partial charge in [0.1, 0.15) is 11.3 Å². The lowest BCUT2D eigenvalue weighted by Gasteiger charge is -2.23. The quantitative estimate of drug-likeness (QED) is 0.919. The molecular weight excluding hydrogens is 236 g/mol. The second kappa shape index (κ2) is 4.99.